The average molecular weight is 448 g/mol. The zero-order valence-electron chi connectivity index (χ0n) is 17.9. The second kappa shape index (κ2) is 10.3. The Morgan fingerprint density at radius 2 is 1.91 bits per heavy atom. The highest BCUT2D eigenvalue weighted by Crippen LogP contribution is 2.39. The molecule has 2 amide bonds. The minimum Gasteiger partial charge on any atom is -0.494 e. The lowest BCUT2D eigenvalue weighted by Crippen LogP contribution is -2.40. The highest BCUT2D eigenvalue weighted by molar-refractivity contribution is 7.99. The Balaban J connectivity index is 1.43. The van der Waals surface area contributed by atoms with Crippen molar-refractivity contribution < 1.29 is 14.3 Å². The van der Waals surface area contributed by atoms with Crippen LogP contribution in [0.25, 0.3) is 0 Å². The van der Waals surface area contributed by atoms with E-state index in [1.54, 1.807) is 18.3 Å². The van der Waals surface area contributed by atoms with Gasteiger partial charge < -0.3 is 10.1 Å². The molecule has 1 aliphatic rings. The van der Waals surface area contributed by atoms with Crippen LogP contribution in [0.3, 0.4) is 0 Å². The van der Waals surface area contributed by atoms with Gasteiger partial charge in [0.15, 0.2) is 0 Å². The van der Waals surface area contributed by atoms with Crippen molar-refractivity contribution in [3.05, 3.63) is 78.0 Å². The summed E-state index contributed by atoms with van der Waals surface area (Å²) in [6.45, 7) is 3.14. The maximum Gasteiger partial charge on any atom is 0.261 e. The molecule has 0 saturated carbocycles. The molecule has 164 valence electrons. The van der Waals surface area contributed by atoms with Crippen molar-refractivity contribution in [3.63, 3.8) is 0 Å². The minimum atomic E-state index is -0.228. The highest BCUT2D eigenvalue weighted by Gasteiger charge is 2.29. The number of pyridine rings is 1. The van der Waals surface area contributed by atoms with E-state index in [9.17, 15) is 9.59 Å². The predicted octanol–water partition coefficient (Wildman–Crippen LogP) is 4.69. The molecule has 7 heteroatoms. The van der Waals surface area contributed by atoms with Crippen LogP contribution in [-0.4, -0.2) is 29.9 Å². The molecule has 0 aliphatic carbocycles. The van der Waals surface area contributed by atoms with Gasteiger partial charge in [-0.15, -0.1) is 0 Å². The second-order valence-corrected chi connectivity index (χ2v) is 8.47. The van der Waals surface area contributed by atoms with E-state index in [2.05, 4.69) is 17.2 Å². The average Bonchev–Trinajstić information content (AvgIpc) is 2.93. The number of hydrogen-bond donors (Lipinski definition) is 1. The van der Waals surface area contributed by atoms with Gasteiger partial charge in [-0.05, 0) is 48.4 Å². The lowest BCUT2D eigenvalue weighted by atomic mass is 10.2. The zero-order chi connectivity index (χ0) is 22.3. The van der Waals surface area contributed by atoms with Crippen LogP contribution in [0.1, 0.15) is 35.7 Å². The van der Waals surface area contributed by atoms with E-state index in [4.69, 9.17) is 4.74 Å². The number of hydrogen-bond acceptors (Lipinski definition) is 5. The number of rotatable bonds is 8. The van der Waals surface area contributed by atoms with Gasteiger partial charge in [-0.1, -0.05) is 49.4 Å². The second-order valence-electron chi connectivity index (χ2n) is 7.44. The monoisotopic (exact) mass is 447 g/mol. The number of anilines is 1. The third kappa shape index (κ3) is 5.11. The van der Waals surface area contributed by atoms with Gasteiger partial charge in [-0.2, -0.15) is 0 Å². The number of nitrogens with one attached hydrogen (secondary N) is 1. The number of benzene rings is 2. The fourth-order valence-electron chi connectivity index (χ4n) is 3.36. The zero-order valence-corrected chi connectivity index (χ0v) is 18.7. The molecule has 0 bridgehead atoms. The number of para-hydroxylation sites is 1. The van der Waals surface area contributed by atoms with E-state index < -0.39 is 0 Å². The number of nitrogens with zero attached hydrogens (tertiary/aromatic N) is 2. The summed E-state index contributed by atoms with van der Waals surface area (Å²) in [5.41, 5.74) is 2.18. The van der Waals surface area contributed by atoms with Crippen molar-refractivity contribution in [3.8, 4) is 5.75 Å². The summed E-state index contributed by atoms with van der Waals surface area (Å²) in [6.07, 6.45) is 3.79. The maximum absolute atomic E-state index is 13.2. The van der Waals surface area contributed by atoms with Crippen LogP contribution in [0.2, 0.25) is 0 Å². The lowest BCUT2D eigenvalue weighted by molar-refractivity contribution is -0.119. The molecule has 2 aromatic carbocycles. The van der Waals surface area contributed by atoms with Crippen LogP contribution in [-0.2, 0) is 11.3 Å². The molecule has 1 aliphatic heterocycles. The smallest absolute Gasteiger partial charge is 0.261 e. The van der Waals surface area contributed by atoms with Crippen molar-refractivity contribution in [2.45, 2.75) is 36.2 Å². The van der Waals surface area contributed by atoms with Gasteiger partial charge in [0.1, 0.15) is 17.3 Å². The van der Waals surface area contributed by atoms with Crippen LogP contribution in [0.15, 0.2) is 76.8 Å². The van der Waals surface area contributed by atoms with Gasteiger partial charge in [0.2, 0.25) is 5.91 Å². The summed E-state index contributed by atoms with van der Waals surface area (Å²) < 4.78 is 5.67. The molecule has 6 nitrogen and oxygen atoms in total. The molecular weight excluding hydrogens is 422 g/mol. The largest absolute Gasteiger partial charge is 0.494 e. The Morgan fingerprint density at radius 3 is 2.72 bits per heavy atom. The topological polar surface area (TPSA) is 71.5 Å². The molecule has 4 rings (SSSR count). The molecular formula is C25H25N3O3S. The van der Waals surface area contributed by atoms with Crippen molar-refractivity contribution in [1.29, 1.82) is 0 Å². The van der Waals surface area contributed by atoms with Crippen LogP contribution < -0.4 is 15.0 Å². The molecule has 0 spiro atoms. The van der Waals surface area contributed by atoms with Gasteiger partial charge in [0.05, 0.1) is 17.9 Å². The number of carbonyl (C=O) groups excluding carboxylic acids is 2. The molecule has 1 N–H and O–H groups in total. The normalized spacial score (nSPS) is 12.5. The van der Waals surface area contributed by atoms with Gasteiger partial charge in [-0.25, -0.2) is 4.98 Å². The molecule has 0 unspecified atom stereocenters. The quantitative estimate of drug-likeness (QED) is 0.507. The Bertz CT molecular complexity index is 1100. The predicted molar refractivity (Wildman–Crippen MR) is 125 cm³/mol. The molecule has 0 radical (unpaired) electrons. The number of ether oxygens (including phenoxy) is 1. The van der Waals surface area contributed by atoms with Crippen LogP contribution in [0.4, 0.5) is 5.69 Å². The van der Waals surface area contributed by atoms with Crippen LogP contribution in [0.5, 0.6) is 5.75 Å². The SMILES string of the molecule is CCCCOc1ccc(CNC(=O)CN2C(=O)c3cccnc3Sc3ccccc32)cc1. The fraction of sp³-hybridized carbons (Fsp3) is 0.240. The molecule has 1 aromatic heterocycles. The number of carbonyl (C=O) groups is 2. The summed E-state index contributed by atoms with van der Waals surface area (Å²) >= 11 is 1.44. The molecule has 0 fully saturated rings. The van der Waals surface area contributed by atoms with Crippen molar-refractivity contribution >= 4 is 29.3 Å². The maximum atomic E-state index is 13.2. The standard InChI is InChI=1S/C25H25N3O3S/c1-2-3-15-31-19-12-10-18(11-13-19)16-27-23(29)17-28-21-8-4-5-9-22(21)32-24-20(25(28)30)7-6-14-26-24/h4-14H,2-3,15-17H2,1H3,(H,27,29). The summed E-state index contributed by atoms with van der Waals surface area (Å²) in [5.74, 6) is 0.369. The summed E-state index contributed by atoms with van der Waals surface area (Å²) in [4.78, 5) is 32.8. The first-order valence-corrected chi connectivity index (χ1v) is 11.5. The van der Waals surface area contributed by atoms with Crippen molar-refractivity contribution in [2.24, 2.45) is 0 Å². The van der Waals surface area contributed by atoms with E-state index in [1.807, 2.05) is 48.5 Å². The highest BCUT2D eigenvalue weighted by atomic mass is 32.2. The number of unbranched alkanes of at least 4 members (excludes halogenated alkanes) is 1. The first kappa shape index (κ1) is 21.9. The number of amides is 2. The van der Waals surface area contributed by atoms with Crippen molar-refractivity contribution in [1.82, 2.24) is 10.3 Å². The first-order chi connectivity index (χ1) is 15.7. The van der Waals surface area contributed by atoms with Crippen molar-refractivity contribution in [2.75, 3.05) is 18.1 Å². The summed E-state index contributed by atoms with van der Waals surface area (Å²) in [6, 6.07) is 18.8. The fourth-order valence-corrected chi connectivity index (χ4v) is 4.37. The van der Waals surface area contributed by atoms with Crippen LogP contribution >= 0.6 is 11.8 Å². The molecule has 0 saturated heterocycles. The Labute approximate surface area is 192 Å². The molecule has 3 aromatic rings. The Morgan fingerprint density at radius 1 is 1.09 bits per heavy atom. The van der Waals surface area contributed by atoms with Gasteiger partial charge in [-0.3, -0.25) is 14.5 Å². The minimum absolute atomic E-state index is 0.0665. The number of fused-ring (bicyclic) bond motifs is 2. The van der Waals surface area contributed by atoms with E-state index in [1.165, 1.54) is 16.7 Å². The molecule has 2 heterocycles. The first-order valence-electron chi connectivity index (χ1n) is 10.7. The third-order valence-corrected chi connectivity index (χ3v) is 6.17. The van der Waals surface area contributed by atoms with Crippen LogP contribution in [0, 0.1) is 0 Å². The summed E-state index contributed by atoms with van der Waals surface area (Å²) in [5, 5.41) is 3.57. The van der Waals surface area contributed by atoms with Gasteiger partial charge >= 0.3 is 0 Å². The van der Waals surface area contributed by atoms with Gasteiger partial charge in [0.25, 0.3) is 5.91 Å². The van der Waals surface area contributed by atoms with E-state index in [-0.39, 0.29) is 18.4 Å². The van der Waals surface area contributed by atoms with E-state index in [0.717, 1.165) is 29.1 Å². The van der Waals surface area contributed by atoms with Gasteiger partial charge in [0, 0.05) is 17.6 Å². The third-order valence-electron chi connectivity index (χ3n) is 5.09. The molecule has 32 heavy (non-hydrogen) atoms. The lowest BCUT2D eigenvalue weighted by Gasteiger charge is -2.22. The molecule has 0 atom stereocenters. The summed E-state index contributed by atoms with van der Waals surface area (Å²) in [7, 11) is 0. The van der Waals surface area contributed by atoms with E-state index >= 15 is 0 Å². The van der Waals surface area contributed by atoms with E-state index in [0.29, 0.717) is 29.4 Å². The number of aromatic nitrogens is 1. The Hall–Kier alpha value is -3.32. The Kier molecular flexibility index (Phi) is 7.07.